The minimum Gasteiger partial charge on any atom is -0.383 e. The first-order chi connectivity index (χ1) is 8.65. The number of anilines is 1. The highest BCUT2D eigenvalue weighted by Gasteiger charge is 1.97. The molecule has 0 atom stereocenters. The Kier molecular flexibility index (Phi) is 4.60. The molecule has 2 rings (SSSR count). The van der Waals surface area contributed by atoms with E-state index in [1.54, 1.807) is 22.9 Å². The van der Waals surface area contributed by atoms with E-state index in [9.17, 15) is 4.79 Å². The molecule has 0 aliphatic carbocycles. The molecule has 18 heavy (non-hydrogen) atoms. The van der Waals surface area contributed by atoms with Crippen molar-refractivity contribution in [3.8, 4) is 0 Å². The van der Waals surface area contributed by atoms with Crippen LogP contribution in [0.1, 0.15) is 0 Å². The maximum Gasteiger partial charge on any atom is 0.250 e. The molecule has 0 amide bonds. The summed E-state index contributed by atoms with van der Waals surface area (Å²) in [6.45, 7) is 1.33. The van der Waals surface area contributed by atoms with Crippen LogP contribution in [0, 0.1) is 0 Å². The summed E-state index contributed by atoms with van der Waals surface area (Å²) in [6.07, 6.45) is 1.80. The molecule has 1 N–H and O–H groups in total. The normalized spacial score (nSPS) is 10.3. The first kappa shape index (κ1) is 13.4. The molecule has 1 aromatic carbocycles. The molecule has 3 nitrogen and oxygen atoms in total. The van der Waals surface area contributed by atoms with Crippen LogP contribution in [-0.4, -0.2) is 11.1 Å². The molecule has 2 aromatic rings. The van der Waals surface area contributed by atoms with Crippen LogP contribution in [0.4, 0.5) is 5.69 Å². The maximum absolute atomic E-state index is 11.6. The molecule has 0 aliphatic rings. The minimum absolute atomic E-state index is 0.00856. The third-order valence-corrected chi connectivity index (χ3v) is 3.42. The molecule has 0 aliphatic heterocycles. The van der Waals surface area contributed by atoms with Crippen LogP contribution >= 0.6 is 31.9 Å². The zero-order valence-corrected chi connectivity index (χ0v) is 12.7. The fourth-order valence-corrected chi connectivity index (χ4v) is 2.37. The Bertz CT molecular complexity index is 596. The molecule has 0 bridgehead atoms. The first-order valence-electron chi connectivity index (χ1n) is 5.50. The standard InChI is InChI=1S/C13H12Br2N2O/c14-10-2-1-3-12(8-10)16-6-7-17-9-11(15)4-5-13(17)18/h1-5,8-9,16H,6-7H2. The molecule has 0 fully saturated rings. The molecule has 0 saturated heterocycles. The second kappa shape index (κ2) is 6.20. The lowest BCUT2D eigenvalue weighted by molar-refractivity contribution is 0.695. The molecule has 1 aromatic heterocycles. The van der Waals surface area contributed by atoms with E-state index < -0.39 is 0 Å². The van der Waals surface area contributed by atoms with Gasteiger partial charge < -0.3 is 9.88 Å². The zero-order chi connectivity index (χ0) is 13.0. The van der Waals surface area contributed by atoms with Crippen molar-refractivity contribution in [2.75, 3.05) is 11.9 Å². The zero-order valence-electron chi connectivity index (χ0n) is 9.57. The van der Waals surface area contributed by atoms with Crippen LogP contribution in [0.5, 0.6) is 0 Å². The molecular formula is C13H12Br2N2O. The monoisotopic (exact) mass is 370 g/mol. The SMILES string of the molecule is O=c1ccc(Br)cn1CCNc1cccc(Br)c1. The molecule has 0 spiro atoms. The number of benzene rings is 1. The molecule has 94 valence electrons. The quantitative estimate of drug-likeness (QED) is 0.892. The first-order valence-corrected chi connectivity index (χ1v) is 7.09. The molecular weight excluding hydrogens is 360 g/mol. The van der Waals surface area contributed by atoms with Gasteiger partial charge in [-0.2, -0.15) is 0 Å². The number of pyridine rings is 1. The highest BCUT2D eigenvalue weighted by atomic mass is 79.9. The summed E-state index contributed by atoms with van der Waals surface area (Å²) in [5.74, 6) is 0. The Morgan fingerprint density at radius 1 is 1.11 bits per heavy atom. The smallest absolute Gasteiger partial charge is 0.250 e. The van der Waals surface area contributed by atoms with E-state index in [4.69, 9.17) is 0 Å². The lowest BCUT2D eigenvalue weighted by Gasteiger charge is -2.09. The third-order valence-electron chi connectivity index (χ3n) is 2.45. The van der Waals surface area contributed by atoms with Crippen molar-refractivity contribution >= 4 is 37.5 Å². The van der Waals surface area contributed by atoms with Gasteiger partial charge in [-0.25, -0.2) is 0 Å². The van der Waals surface area contributed by atoms with E-state index in [1.165, 1.54) is 0 Å². The summed E-state index contributed by atoms with van der Waals surface area (Å²) >= 11 is 6.78. The van der Waals surface area contributed by atoms with Gasteiger partial charge >= 0.3 is 0 Å². The second-order valence-corrected chi connectivity index (χ2v) is 5.65. The third kappa shape index (κ3) is 3.71. The van der Waals surface area contributed by atoms with Gasteiger partial charge in [-0.3, -0.25) is 4.79 Å². The molecule has 0 unspecified atom stereocenters. The van der Waals surface area contributed by atoms with Gasteiger partial charge in [0.05, 0.1) is 0 Å². The Morgan fingerprint density at radius 3 is 2.72 bits per heavy atom. The van der Waals surface area contributed by atoms with Crippen molar-refractivity contribution in [3.05, 3.63) is 61.9 Å². The van der Waals surface area contributed by atoms with Crippen LogP contribution in [0.15, 0.2) is 56.3 Å². The summed E-state index contributed by atoms with van der Waals surface area (Å²) in [6, 6.07) is 11.3. The highest BCUT2D eigenvalue weighted by molar-refractivity contribution is 9.10. The summed E-state index contributed by atoms with van der Waals surface area (Å²) in [4.78, 5) is 11.6. The summed E-state index contributed by atoms with van der Waals surface area (Å²) in [5.41, 5.74) is 1.04. The predicted molar refractivity (Wildman–Crippen MR) is 81.0 cm³/mol. The van der Waals surface area contributed by atoms with Crippen LogP contribution < -0.4 is 10.9 Å². The lowest BCUT2D eigenvalue weighted by atomic mass is 10.3. The van der Waals surface area contributed by atoms with Crippen molar-refractivity contribution in [3.63, 3.8) is 0 Å². The molecule has 0 saturated carbocycles. The number of halogens is 2. The fraction of sp³-hybridized carbons (Fsp3) is 0.154. The van der Waals surface area contributed by atoms with Gasteiger partial charge in [0, 0.05) is 40.0 Å². The number of aromatic nitrogens is 1. The number of nitrogens with zero attached hydrogens (tertiary/aromatic N) is 1. The second-order valence-electron chi connectivity index (χ2n) is 3.82. The average Bonchev–Trinajstić information content (AvgIpc) is 2.34. The topological polar surface area (TPSA) is 34.0 Å². The molecule has 1 heterocycles. The van der Waals surface area contributed by atoms with Gasteiger partial charge in [0.1, 0.15) is 0 Å². The number of hydrogen-bond acceptors (Lipinski definition) is 2. The summed E-state index contributed by atoms with van der Waals surface area (Å²) in [7, 11) is 0. The van der Waals surface area contributed by atoms with E-state index in [0.29, 0.717) is 13.1 Å². The Morgan fingerprint density at radius 2 is 1.94 bits per heavy atom. The number of nitrogens with one attached hydrogen (secondary N) is 1. The Balaban J connectivity index is 1.96. The van der Waals surface area contributed by atoms with Crippen molar-refractivity contribution in [2.24, 2.45) is 0 Å². The van der Waals surface area contributed by atoms with Gasteiger partial charge in [0.15, 0.2) is 0 Å². The Labute approximate surface area is 122 Å². The largest absolute Gasteiger partial charge is 0.383 e. The van der Waals surface area contributed by atoms with Crippen molar-refractivity contribution in [2.45, 2.75) is 6.54 Å². The molecule has 5 heteroatoms. The van der Waals surface area contributed by atoms with Crippen molar-refractivity contribution in [1.29, 1.82) is 0 Å². The summed E-state index contributed by atoms with van der Waals surface area (Å²) in [5, 5.41) is 3.28. The van der Waals surface area contributed by atoms with Gasteiger partial charge in [0.25, 0.3) is 5.56 Å². The van der Waals surface area contributed by atoms with Gasteiger partial charge in [-0.1, -0.05) is 22.0 Å². The number of hydrogen-bond donors (Lipinski definition) is 1. The van der Waals surface area contributed by atoms with Gasteiger partial charge in [0.2, 0.25) is 0 Å². The fourth-order valence-electron chi connectivity index (χ4n) is 1.60. The van der Waals surface area contributed by atoms with E-state index in [1.807, 2.05) is 24.3 Å². The maximum atomic E-state index is 11.6. The minimum atomic E-state index is 0.00856. The van der Waals surface area contributed by atoms with Crippen LogP contribution in [0.25, 0.3) is 0 Å². The van der Waals surface area contributed by atoms with E-state index in [0.717, 1.165) is 14.6 Å². The van der Waals surface area contributed by atoms with Crippen LogP contribution in [-0.2, 0) is 6.54 Å². The van der Waals surface area contributed by atoms with E-state index in [-0.39, 0.29) is 5.56 Å². The number of rotatable bonds is 4. The predicted octanol–water partition coefficient (Wildman–Crippen LogP) is 3.49. The van der Waals surface area contributed by atoms with E-state index >= 15 is 0 Å². The van der Waals surface area contributed by atoms with Gasteiger partial charge in [-0.05, 0) is 40.2 Å². The summed E-state index contributed by atoms with van der Waals surface area (Å²) < 4.78 is 3.62. The van der Waals surface area contributed by atoms with Crippen LogP contribution in [0.2, 0.25) is 0 Å². The average molecular weight is 372 g/mol. The Hall–Kier alpha value is -1.07. The molecule has 0 radical (unpaired) electrons. The lowest BCUT2D eigenvalue weighted by Crippen LogP contribution is -2.22. The van der Waals surface area contributed by atoms with E-state index in [2.05, 4.69) is 37.2 Å². The van der Waals surface area contributed by atoms with Gasteiger partial charge in [-0.15, -0.1) is 0 Å². The van der Waals surface area contributed by atoms with Crippen molar-refractivity contribution in [1.82, 2.24) is 4.57 Å². The van der Waals surface area contributed by atoms with Crippen LogP contribution in [0.3, 0.4) is 0 Å². The van der Waals surface area contributed by atoms with Crippen molar-refractivity contribution < 1.29 is 0 Å². The highest BCUT2D eigenvalue weighted by Crippen LogP contribution is 2.15.